The van der Waals surface area contributed by atoms with Crippen LogP contribution in [0.15, 0.2) is 18.5 Å². The Bertz CT molecular complexity index is 296. The molecule has 1 atom stereocenters. The zero-order valence-corrected chi connectivity index (χ0v) is 9.25. The summed E-state index contributed by atoms with van der Waals surface area (Å²) in [6.07, 6.45) is 4.08. The summed E-state index contributed by atoms with van der Waals surface area (Å²) < 4.78 is 11.1. The minimum absolute atomic E-state index is 0.166. The highest BCUT2D eigenvalue weighted by Crippen LogP contribution is 2.21. The van der Waals surface area contributed by atoms with E-state index in [0.717, 1.165) is 13.1 Å². The Morgan fingerprint density at radius 1 is 1.60 bits per heavy atom. The molecular weight excluding hydrogens is 192 g/mol. The first-order chi connectivity index (χ1) is 7.16. The van der Waals surface area contributed by atoms with Gasteiger partial charge in [-0.25, -0.2) is 0 Å². The van der Waals surface area contributed by atoms with Gasteiger partial charge in [-0.1, -0.05) is 0 Å². The van der Waals surface area contributed by atoms with Gasteiger partial charge in [0.25, 0.3) is 0 Å². The average Bonchev–Trinajstić information content (AvgIpc) is 2.76. The Balaban J connectivity index is 1.67. The van der Waals surface area contributed by atoms with Crippen molar-refractivity contribution in [3.63, 3.8) is 0 Å². The largest absolute Gasteiger partial charge is 0.367 e. The Labute approximate surface area is 90.0 Å². The lowest BCUT2D eigenvalue weighted by Crippen LogP contribution is -2.30. The molecule has 1 unspecified atom stereocenters. The molecule has 0 saturated carbocycles. The maximum absolute atomic E-state index is 5.68. The van der Waals surface area contributed by atoms with Crippen LogP contribution in [0.4, 0.5) is 0 Å². The number of aromatic nitrogens is 1. The molecule has 0 aliphatic carbocycles. The molecule has 1 aromatic rings. The van der Waals surface area contributed by atoms with E-state index in [2.05, 4.69) is 16.4 Å². The lowest BCUT2D eigenvalue weighted by atomic mass is 10.3. The van der Waals surface area contributed by atoms with Crippen molar-refractivity contribution in [1.29, 1.82) is 0 Å². The molecule has 2 N–H and O–H groups in total. The summed E-state index contributed by atoms with van der Waals surface area (Å²) in [6.45, 7) is 6.25. The van der Waals surface area contributed by atoms with Gasteiger partial charge in [0.2, 0.25) is 0 Å². The Kier molecular flexibility index (Phi) is 3.09. The van der Waals surface area contributed by atoms with Crippen LogP contribution in [-0.2, 0) is 16.0 Å². The van der Waals surface area contributed by atoms with Crippen LogP contribution in [0, 0.1) is 0 Å². The number of hydrogen-bond donors (Lipinski definition) is 2. The van der Waals surface area contributed by atoms with Crippen molar-refractivity contribution < 1.29 is 9.47 Å². The second kappa shape index (κ2) is 4.35. The Morgan fingerprint density at radius 3 is 3.07 bits per heavy atom. The van der Waals surface area contributed by atoms with Gasteiger partial charge in [-0.05, 0) is 25.5 Å². The summed E-state index contributed by atoms with van der Waals surface area (Å²) in [5.74, 6) is -0.416. The van der Waals surface area contributed by atoms with Crippen LogP contribution in [-0.4, -0.2) is 30.0 Å². The monoisotopic (exact) mass is 210 g/mol. The summed E-state index contributed by atoms with van der Waals surface area (Å²) >= 11 is 0. The van der Waals surface area contributed by atoms with Crippen molar-refractivity contribution in [2.45, 2.75) is 32.3 Å². The van der Waals surface area contributed by atoms with E-state index >= 15 is 0 Å². The van der Waals surface area contributed by atoms with E-state index < -0.39 is 5.79 Å². The quantitative estimate of drug-likeness (QED) is 0.786. The molecule has 1 saturated heterocycles. The van der Waals surface area contributed by atoms with E-state index in [0.29, 0.717) is 6.61 Å². The van der Waals surface area contributed by atoms with Gasteiger partial charge in [-0.15, -0.1) is 0 Å². The van der Waals surface area contributed by atoms with E-state index in [1.165, 1.54) is 5.56 Å². The predicted molar refractivity (Wildman–Crippen MR) is 57.4 cm³/mol. The van der Waals surface area contributed by atoms with Crippen molar-refractivity contribution in [3.05, 3.63) is 24.0 Å². The highest BCUT2D eigenvalue weighted by atomic mass is 16.7. The molecule has 2 heterocycles. The van der Waals surface area contributed by atoms with Crippen LogP contribution in [0.1, 0.15) is 19.4 Å². The molecule has 0 amide bonds. The van der Waals surface area contributed by atoms with Gasteiger partial charge >= 0.3 is 0 Å². The van der Waals surface area contributed by atoms with Crippen molar-refractivity contribution in [2.75, 3.05) is 13.2 Å². The molecule has 0 radical (unpaired) electrons. The van der Waals surface area contributed by atoms with Crippen LogP contribution in [0.3, 0.4) is 0 Å². The third kappa shape index (κ3) is 3.06. The summed E-state index contributed by atoms with van der Waals surface area (Å²) in [4.78, 5) is 3.03. The molecule has 1 aliphatic rings. The highest BCUT2D eigenvalue weighted by Gasteiger charge is 2.32. The Morgan fingerprint density at radius 2 is 2.47 bits per heavy atom. The van der Waals surface area contributed by atoms with Gasteiger partial charge in [-0.2, -0.15) is 0 Å². The molecule has 0 bridgehead atoms. The van der Waals surface area contributed by atoms with Crippen LogP contribution in [0.5, 0.6) is 0 Å². The molecule has 4 nitrogen and oxygen atoms in total. The topological polar surface area (TPSA) is 46.3 Å². The summed E-state index contributed by atoms with van der Waals surface area (Å²) in [7, 11) is 0. The number of H-pyrrole nitrogens is 1. The van der Waals surface area contributed by atoms with Gasteiger partial charge in [-0.3, -0.25) is 0 Å². The third-order valence-electron chi connectivity index (χ3n) is 2.43. The number of hydrogen-bond acceptors (Lipinski definition) is 3. The van der Waals surface area contributed by atoms with E-state index in [9.17, 15) is 0 Å². The smallest absolute Gasteiger partial charge is 0.163 e. The summed E-state index contributed by atoms with van der Waals surface area (Å²) in [5.41, 5.74) is 1.26. The van der Waals surface area contributed by atoms with Crippen LogP contribution in [0.2, 0.25) is 0 Å². The zero-order valence-electron chi connectivity index (χ0n) is 9.25. The molecule has 0 aromatic carbocycles. The first-order valence-electron chi connectivity index (χ1n) is 5.30. The van der Waals surface area contributed by atoms with Gasteiger partial charge < -0.3 is 19.8 Å². The van der Waals surface area contributed by atoms with Crippen molar-refractivity contribution in [3.8, 4) is 0 Å². The van der Waals surface area contributed by atoms with Gasteiger partial charge in [0.1, 0.15) is 0 Å². The SMILES string of the molecule is CC1(C)OCC(CNCc2cc[nH]c2)O1. The Hall–Kier alpha value is -0.840. The van der Waals surface area contributed by atoms with Crippen LogP contribution in [0.25, 0.3) is 0 Å². The fourth-order valence-corrected chi connectivity index (χ4v) is 1.71. The van der Waals surface area contributed by atoms with Gasteiger partial charge in [0.05, 0.1) is 12.7 Å². The molecule has 15 heavy (non-hydrogen) atoms. The second-order valence-electron chi connectivity index (χ2n) is 4.30. The third-order valence-corrected chi connectivity index (χ3v) is 2.43. The first-order valence-corrected chi connectivity index (χ1v) is 5.30. The lowest BCUT2D eigenvalue weighted by Gasteiger charge is -2.17. The number of rotatable bonds is 4. The molecule has 4 heteroatoms. The number of nitrogens with one attached hydrogen (secondary N) is 2. The number of aromatic amines is 1. The highest BCUT2D eigenvalue weighted by molar-refractivity contribution is 5.07. The normalized spacial score (nSPS) is 24.5. The predicted octanol–water partition coefficient (Wildman–Crippen LogP) is 1.26. The number of ether oxygens (including phenoxy) is 2. The molecule has 1 aliphatic heterocycles. The van der Waals surface area contributed by atoms with Crippen LogP contribution < -0.4 is 5.32 Å². The lowest BCUT2D eigenvalue weighted by molar-refractivity contribution is -0.137. The molecule has 1 fully saturated rings. The van der Waals surface area contributed by atoms with Crippen LogP contribution >= 0.6 is 0 Å². The fourth-order valence-electron chi connectivity index (χ4n) is 1.71. The van der Waals surface area contributed by atoms with E-state index in [1.54, 1.807) is 0 Å². The standard InChI is InChI=1S/C11H18N2O2/c1-11(2)14-8-10(15-11)7-13-6-9-3-4-12-5-9/h3-5,10,12-13H,6-8H2,1-2H3. The minimum atomic E-state index is -0.416. The minimum Gasteiger partial charge on any atom is -0.367 e. The van der Waals surface area contributed by atoms with Crippen molar-refractivity contribution in [1.82, 2.24) is 10.3 Å². The van der Waals surface area contributed by atoms with Crippen molar-refractivity contribution in [2.24, 2.45) is 0 Å². The molecule has 2 rings (SSSR count). The van der Waals surface area contributed by atoms with E-state index in [1.807, 2.05) is 26.2 Å². The molecule has 1 aromatic heterocycles. The molecule has 84 valence electrons. The maximum atomic E-state index is 5.68. The molecular formula is C11H18N2O2. The van der Waals surface area contributed by atoms with E-state index in [4.69, 9.17) is 9.47 Å². The average molecular weight is 210 g/mol. The second-order valence-corrected chi connectivity index (χ2v) is 4.30. The van der Waals surface area contributed by atoms with E-state index in [-0.39, 0.29) is 6.10 Å². The van der Waals surface area contributed by atoms with Gasteiger partial charge in [0, 0.05) is 25.5 Å². The maximum Gasteiger partial charge on any atom is 0.163 e. The fraction of sp³-hybridized carbons (Fsp3) is 0.636. The molecule has 0 spiro atoms. The van der Waals surface area contributed by atoms with Crippen molar-refractivity contribution >= 4 is 0 Å². The first kappa shape index (κ1) is 10.7. The van der Waals surface area contributed by atoms with Gasteiger partial charge in [0.15, 0.2) is 5.79 Å². The zero-order chi connectivity index (χ0) is 10.7. The summed E-state index contributed by atoms with van der Waals surface area (Å²) in [5, 5.41) is 3.34. The summed E-state index contributed by atoms with van der Waals surface area (Å²) in [6, 6.07) is 2.06.